The van der Waals surface area contributed by atoms with Gasteiger partial charge in [0.1, 0.15) is 0 Å². The van der Waals surface area contributed by atoms with E-state index < -0.39 is 0 Å². The Morgan fingerprint density at radius 3 is 2.36 bits per heavy atom. The van der Waals surface area contributed by atoms with Crippen molar-refractivity contribution in [2.24, 2.45) is 35.3 Å². The van der Waals surface area contributed by atoms with E-state index in [1.807, 2.05) is 0 Å². The molecule has 0 saturated heterocycles. The summed E-state index contributed by atoms with van der Waals surface area (Å²) in [7, 11) is 0. The molecule has 2 N–H and O–H groups in total. The summed E-state index contributed by atoms with van der Waals surface area (Å²) in [6.07, 6.45) is 8.83. The van der Waals surface area contributed by atoms with Gasteiger partial charge in [-0.15, -0.1) is 0 Å². The van der Waals surface area contributed by atoms with E-state index in [-0.39, 0.29) is 0 Å². The first kappa shape index (κ1) is 9.21. The summed E-state index contributed by atoms with van der Waals surface area (Å²) < 4.78 is 0. The summed E-state index contributed by atoms with van der Waals surface area (Å²) >= 11 is 0. The highest BCUT2D eigenvalue weighted by molar-refractivity contribution is 5.02. The van der Waals surface area contributed by atoms with Gasteiger partial charge in [0.25, 0.3) is 0 Å². The quantitative estimate of drug-likeness (QED) is 0.730. The number of rotatable bonds is 4. The van der Waals surface area contributed by atoms with Gasteiger partial charge in [-0.1, -0.05) is 6.92 Å². The molecule has 0 radical (unpaired) electrons. The number of nitrogens with two attached hydrogens (primary N) is 1. The van der Waals surface area contributed by atoms with Crippen LogP contribution in [0.1, 0.15) is 45.4 Å². The van der Waals surface area contributed by atoms with Crippen LogP contribution in [0.3, 0.4) is 0 Å². The van der Waals surface area contributed by atoms with Gasteiger partial charge in [0, 0.05) is 6.04 Å². The molecule has 3 rings (SSSR count). The molecule has 14 heavy (non-hydrogen) atoms. The molecule has 3 atom stereocenters. The van der Waals surface area contributed by atoms with E-state index in [0.29, 0.717) is 6.04 Å². The van der Waals surface area contributed by atoms with Crippen molar-refractivity contribution in [3.63, 3.8) is 0 Å². The second-order valence-corrected chi connectivity index (χ2v) is 5.96. The first-order chi connectivity index (χ1) is 6.79. The van der Waals surface area contributed by atoms with Crippen molar-refractivity contribution in [3.8, 4) is 0 Å². The minimum absolute atomic E-state index is 0.514. The van der Waals surface area contributed by atoms with Crippen molar-refractivity contribution < 1.29 is 0 Å². The summed E-state index contributed by atoms with van der Waals surface area (Å²) in [5.74, 6) is 5.33. The Balaban J connectivity index is 1.43. The van der Waals surface area contributed by atoms with Gasteiger partial charge in [-0.3, -0.25) is 0 Å². The molecule has 3 saturated carbocycles. The zero-order valence-corrected chi connectivity index (χ0v) is 9.28. The maximum absolute atomic E-state index is 6.09. The maximum atomic E-state index is 6.09. The fourth-order valence-corrected chi connectivity index (χ4v) is 3.58. The second kappa shape index (κ2) is 3.23. The second-order valence-electron chi connectivity index (χ2n) is 5.96. The van der Waals surface area contributed by atoms with Crippen molar-refractivity contribution in [1.82, 2.24) is 0 Å². The SMILES string of the molecule is CCC(N)C1CC1C1CC(C2CC2)C1. The third-order valence-electron chi connectivity index (χ3n) is 5.02. The molecule has 0 aromatic rings. The molecule has 1 nitrogen and oxygen atoms in total. The van der Waals surface area contributed by atoms with Gasteiger partial charge >= 0.3 is 0 Å². The Morgan fingerprint density at radius 1 is 1.07 bits per heavy atom. The normalized spacial score (nSPS) is 48.4. The lowest BCUT2D eigenvalue weighted by Crippen LogP contribution is -2.30. The molecule has 0 heterocycles. The molecule has 3 aliphatic rings. The Kier molecular flexibility index (Phi) is 2.12. The molecule has 0 aliphatic heterocycles. The zero-order chi connectivity index (χ0) is 9.71. The molecule has 3 fully saturated rings. The Morgan fingerprint density at radius 2 is 1.79 bits per heavy atom. The van der Waals surface area contributed by atoms with Gasteiger partial charge in [0.15, 0.2) is 0 Å². The standard InChI is InChI=1S/C13H23N/c1-2-13(14)12-7-11(12)10-5-9(6-10)8-3-4-8/h8-13H,2-7,14H2,1H3. The van der Waals surface area contributed by atoms with Crippen LogP contribution in [-0.2, 0) is 0 Å². The van der Waals surface area contributed by atoms with Gasteiger partial charge in [-0.25, -0.2) is 0 Å². The highest BCUT2D eigenvalue weighted by atomic mass is 14.7. The summed E-state index contributed by atoms with van der Waals surface area (Å²) in [5.41, 5.74) is 6.09. The topological polar surface area (TPSA) is 26.0 Å². The van der Waals surface area contributed by atoms with Crippen LogP contribution < -0.4 is 5.73 Å². The van der Waals surface area contributed by atoms with E-state index in [4.69, 9.17) is 5.73 Å². The lowest BCUT2D eigenvalue weighted by atomic mass is 9.69. The lowest BCUT2D eigenvalue weighted by Gasteiger charge is -2.36. The predicted octanol–water partition coefficient (Wildman–Crippen LogP) is 2.80. The van der Waals surface area contributed by atoms with E-state index in [2.05, 4.69) is 6.92 Å². The Labute approximate surface area is 87.4 Å². The van der Waals surface area contributed by atoms with Crippen LogP contribution in [0.15, 0.2) is 0 Å². The Bertz CT molecular complexity index is 215. The van der Waals surface area contributed by atoms with Crippen molar-refractivity contribution in [1.29, 1.82) is 0 Å². The Hall–Kier alpha value is -0.0400. The summed E-state index contributed by atoms with van der Waals surface area (Å²) in [4.78, 5) is 0. The molecule has 0 aromatic heterocycles. The van der Waals surface area contributed by atoms with Gasteiger partial charge in [-0.2, -0.15) is 0 Å². The third kappa shape index (κ3) is 1.50. The first-order valence-electron chi connectivity index (χ1n) is 6.55. The van der Waals surface area contributed by atoms with Gasteiger partial charge < -0.3 is 5.73 Å². The molecule has 80 valence electrons. The molecule has 3 aliphatic carbocycles. The fraction of sp³-hybridized carbons (Fsp3) is 1.00. The average Bonchev–Trinajstić information content (AvgIpc) is 2.92. The van der Waals surface area contributed by atoms with Gasteiger partial charge in [0.05, 0.1) is 0 Å². The van der Waals surface area contributed by atoms with Crippen LogP contribution in [0, 0.1) is 29.6 Å². The summed E-state index contributed by atoms with van der Waals surface area (Å²) in [6.45, 7) is 2.23. The van der Waals surface area contributed by atoms with Gasteiger partial charge in [-0.05, 0) is 68.1 Å². The van der Waals surface area contributed by atoms with Crippen molar-refractivity contribution in [2.75, 3.05) is 0 Å². The lowest BCUT2D eigenvalue weighted by molar-refractivity contribution is 0.138. The molecule has 0 amide bonds. The van der Waals surface area contributed by atoms with Gasteiger partial charge in [0.2, 0.25) is 0 Å². The number of hydrogen-bond donors (Lipinski definition) is 1. The van der Waals surface area contributed by atoms with E-state index in [1.54, 1.807) is 25.7 Å². The molecule has 1 heteroatoms. The maximum Gasteiger partial charge on any atom is 0.00673 e. The molecule has 0 aromatic carbocycles. The molecular weight excluding hydrogens is 170 g/mol. The smallest absolute Gasteiger partial charge is 0.00673 e. The van der Waals surface area contributed by atoms with Crippen LogP contribution in [0.25, 0.3) is 0 Å². The predicted molar refractivity (Wildman–Crippen MR) is 58.8 cm³/mol. The first-order valence-corrected chi connectivity index (χ1v) is 6.55. The van der Waals surface area contributed by atoms with Crippen molar-refractivity contribution in [3.05, 3.63) is 0 Å². The summed E-state index contributed by atoms with van der Waals surface area (Å²) in [6, 6.07) is 0.514. The van der Waals surface area contributed by atoms with Crippen LogP contribution in [0.2, 0.25) is 0 Å². The highest BCUT2D eigenvalue weighted by Gasteiger charge is 2.51. The molecule has 0 bridgehead atoms. The highest BCUT2D eigenvalue weighted by Crippen LogP contribution is 2.59. The zero-order valence-electron chi connectivity index (χ0n) is 9.28. The molecular formula is C13H23N. The van der Waals surface area contributed by atoms with Crippen LogP contribution in [0.4, 0.5) is 0 Å². The van der Waals surface area contributed by atoms with Crippen LogP contribution >= 0.6 is 0 Å². The third-order valence-corrected chi connectivity index (χ3v) is 5.02. The van der Waals surface area contributed by atoms with Crippen molar-refractivity contribution in [2.45, 2.75) is 51.5 Å². The van der Waals surface area contributed by atoms with E-state index in [1.165, 1.54) is 12.8 Å². The fourth-order valence-electron chi connectivity index (χ4n) is 3.58. The van der Waals surface area contributed by atoms with Crippen LogP contribution in [0.5, 0.6) is 0 Å². The van der Waals surface area contributed by atoms with E-state index >= 15 is 0 Å². The number of hydrogen-bond acceptors (Lipinski definition) is 1. The molecule has 0 spiro atoms. The average molecular weight is 193 g/mol. The minimum atomic E-state index is 0.514. The summed E-state index contributed by atoms with van der Waals surface area (Å²) in [5, 5.41) is 0. The minimum Gasteiger partial charge on any atom is -0.327 e. The van der Waals surface area contributed by atoms with E-state index in [0.717, 1.165) is 29.6 Å². The monoisotopic (exact) mass is 193 g/mol. The largest absolute Gasteiger partial charge is 0.327 e. The van der Waals surface area contributed by atoms with Crippen LogP contribution in [-0.4, -0.2) is 6.04 Å². The van der Waals surface area contributed by atoms with E-state index in [9.17, 15) is 0 Å². The molecule has 3 unspecified atom stereocenters. The van der Waals surface area contributed by atoms with Crippen molar-refractivity contribution >= 4 is 0 Å².